The van der Waals surface area contributed by atoms with Gasteiger partial charge in [-0.2, -0.15) is 0 Å². The molecule has 0 saturated heterocycles. The van der Waals surface area contributed by atoms with E-state index in [2.05, 4.69) is 6.92 Å². The first kappa shape index (κ1) is 18.5. The van der Waals surface area contributed by atoms with Gasteiger partial charge in [-0.3, -0.25) is 0 Å². The number of rotatable bonds is 7. The maximum Gasteiger partial charge on any atom is -0.412 e. The van der Waals surface area contributed by atoms with Gasteiger partial charge in [-0.25, -0.2) is 0 Å². The Morgan fingerprint density at radius 3 is 1.92 bits per heavy atom. The van der Waals surface area contributed by atoms with Crippen molar-refractivity contribution < 1.29 is 14.0 Å². The van der Waals surface area contributed by atoms with Gasteiger partial charge in [-0.05, 0) is 0 Å². The van der Waals surface area contributed by atoms with E-state index in [-0.39, 0.29) is 11.0 Å². The van der Waals surface area contributed by atoms with Gasteiger partial charge in [0.15, 0.2) is 0 Å². The molecule has 0 aliphatic carbocycles. The van der Waals surface area contributed by atoms with E-state index >= 15 is 0 Å². The van der Waals surface area contributed by atoms with Gasteiger partial charge in [0, 0.05) is 0 Å². The van der Waals surface area contributed by atoms with Gasteiger partial charge in [-0.15, -0.1) is 0 Å². The molecule has 0 unspecified atom stereocenters. The molecule has 0 rings (SSSR count). The summed E-state index contributed by atoms with van der Waals surface area (Å²) < 4.78 is 5.00. The van der Waals surface area contributed by atoms with E-state index in [4.69, 9.17) is 3.02 Å². The van der Waals surface area contributed by atoms with Gasteiger partial charge in [0.05, 0.1) is 0 Å². The van der Waals surface area contributed by atoms with Gasteiger partial charge >= 0.3 is 78.5 Å². The van der Waals surface area contributed by atoms with Crippen molar-refractivity contribution in [2.24, 2.45) is 0 Å². The van der Waals surface area contributed by atoms with Crippen molar-refractivity contribution in [3.8, 4) is 0 Å². The zero-order valence-electron chi connectivity index (χ0n) is 7.81. The smallest absolute Gasteiger partial charge is 0.412 e. The molecule has 0 spiro atoms. The Labute approximate surface area is 89.5 Å². The van der Waals surface area contributed by atoms with Crippen LogP contribution in [0.1, 0.15) is 45.4 Å². The Kier molecular flexibility index (Phi) is 27.2. The Balaban J connectivity index is -0.000000405. The topological polar surface area (TPSA) is 72.2 Å². The van der Waals surface area contributed by atoms with Crippen LogP contribution in [-0.4, -0.2) is 41.0 Å². The minimum Gasteiger partial charge on any atom is -0.412 e. The molecule has 76 valence electrons. The average Bonchev–Trinajstić information content (AvgIpc) is 1.97. The molecule has 4 heteroatoms. The quantitative estimate of drug-likeness (QED) is 0.504. The SMILES string of the molecule is CCCCCCCC[O][Sb].O.O. The summed E-state index contributed by atoms with van der Waals surface area (Å²) in [5.74, 6) is 0. The van der Waals surface area contributed by atoms with Crippen LogP contribution in [-0.2, 0) is 3.02 Å². The van der Waals surface area contributed by atoms with Crippen molar-refractivity contribution in [2.75, 3.05) is 6.61 Å². The van der Waals surface area contributed by atoms with Crippen molar-refractivity contribution in [1.29, 1.82) is 0 Å². The molecular formula is C8H21O3Sb. The predicted octanol–water partition coefficient (Wildman–Crippen LogP) is 0.798. The van der Waals surface area contributed by atoms with Crippen LogP contribution >= 0.6 is 0 Å². The molecule has 0 aliphatic rings. The fraction of sp³-hybridized carbons (Fsp3) is 1.00. The molecule has 0 heterocycles. The van der Waals surface area contributed by atoms with Crippen molar-refractivity contribution >= 4 is 23.4 Å². The summed E-state index contributed by atoms with van der Waals surface area (Å²) in [7, 11) is 0. The molecule has 0 fully saturated rings. The standard InChI is InChI=1S/C8H17O.2H2O.Sb/c1-2-3-4-5-6-7-8-9;;;/h2-8H2,1H3;2*1H2;/q-1;;;+1. The largest absolute Gasteiger partial charge is 0.412 e. The summed E-state index contributed by atoms with van der Waals surface area (Å²) in [6.45, 7) is 3.21. The average molecular weight is 287 g/mol. The van der Waals surface area contributed by atoms with Crippen molar-refractivity contribution in [3.63, 3.8) is 0 Å². The second-order valence-electron chi connectivity index (χ2n) is 2.60. The van der Waals surface area contributed by atoms with Crippen LogP contribution in [0.4, 0.5) is 0 Å². The normalized spacial score (nSPS) is 8.50. The minimum atomic E-state index is 0. The van der Waals surface area contributed by atoms with E-state index in [1.807, 2.05) is 0 Å². The summed E-state index contributed by atoms with van der Waals surface area (Å²) >= 11 is 1.46. The molecule has 0 bridgehead atoms. The minimum absolute atomic E-state index is 0. The Morgan fingerprint density at radius 1 is 0.917 bits per heavy atom. The zero-order valence-corrected chi connectivity index (χ0v) is 10.4. The van der Waals surface area contributed by atoms with E-state index in [0.29, 0.717) is 0 Å². The van der Waals surface area contributed by atoms with Crippen LogP contribution in [0.15, 0.2) is 0 Å². The summed E-state index contributed by atoms with van der Waals surface area (Å²) in [5.41, 5.74) is 0. The Bertz CT molecular complexity index is 54.3. The van der Waals surface area contributed by atoms with Gasteiger partial charge in [-0.1, -0.05) is 0 Å². The maximum atomic E-state index is 5.00. The first-order valence-corrected chi connectivity index (χ1v) is 5.22. The molecule has 0 aromatic rings. The first-order valence-electron chi connectivity index (χ1n) is 4.18. The van der Waals surface area contributed by atoms with Crippen molar-refractivity contribution in [3.05, 3.63) is 0 Å². The van der Waals surface area contributed by atoms with Crippen LogP contribution in [0, 0.1) is 0 Å². The number of unbranched alkanes of at least 4 members (excludes halogenated alkanes) is 5. The van der Waals surface area contributed by atoms with Gasteiger partial charge in [0.25, 0.3) is 0 Å². The van der Waals surface area contributed by atoms with Crippen molar-refractivity contribution in [2.45, 2.75) is 45.4 Å². The molecule has 0 aliphatic heterocycles. The fourth-order valence-corrected chi connectivity index (χ4v) is 1.32. The second kappa shape index (κ2) is 17.7. The second-order valence-corrected chi connectivity index (χ2v) is 3.34. The molecule has 4 N–H and O–H groups in total. The third kappa shape index (κ3) is 17.0. The van der Waals surface area contributed by atoms with Crippen molar-refractivity contribution in [1.82, 2.24) is 0 Å². The van der Waals surface area contributed by atoms with E-state index in [1.165, 1.54) is 62.0 Å². The molecule has 0 saturated carbocycles. The number of hydrogen-bond donors (Lipinski definition) is 0. The third-order valence-electron chi connectivity index (χ3n) is 1.59. The van der Waals surface area contributed by atoms with E-state index in [9.17, 15) is 0 Å². The van der Waals surface area contributed by atoms with Crippen LogP contribution in [0.25, 0.3) is 0 Å². The molecule has 12 heavy (non-hydrogen) atoms. The summed E-state index contributed by atoms with van der Waals surface area (Å²) in [4.78, 5) is 0. The molecular weight excluding hydrogens is 266 g/mol. The molecule has 3 nitrogen and oxygen atoms in total. The zero-order chi connectivity index (χ0) is 7.66. The fourth-order valence-electron chi connectivity index (χ4n) is 0.947. The molecule has 0 aromatic heterocycles. The predicted molar refractivity (Wildman–Crippen MR) is 52.3 cm³/mol. The van der Waals surface area contributed by atoms with Gasteiger partial charge in [0.1, 0.15) is 0 Å². The van der Waals surface area contributed by atoms with Gasteiger partial charge < -0.3 is 11.0 Å². The summed E-state index contributed by atoms with van der Waals surface area (Å²) in [5, 5.41) is 0. The maximum absolute atomic E-state index is 5.00. The van der Waals surface area contributed by atoms with Crippen LogP contribution in [0.5, 0.6) is 0 Å². The van der Waals surface area contributed by atoms with E-state index < -0.39 is 0 Å². The van der Waals surface area contributed by atoms with Crippen LogP contribution < -0.4 is 0 Å². The van der Waals surface area contributed by atoms with Crippen LogP contribution in [0.2, 0.25) is 0 Å². The molecule has 0 amide bonds. The monoisotopic (exact) mass is 286 g/mol. The summed E-state index contributed by atoms with van der Waals surface area (Å²) in [6, 6.07) is 0. The first-order chi connectivity index (χ1) is 4.91. The van der Waals surface area contributed by atoms with Crippen LogP contribution in [0.3, 0.4) is 0 Å². The third-order valence-corrected chi connectivity index (χ3v) is 2.11. The molecule has 2 radical (unpaired) electrons. The molecule has 0 atom stereocenters. The summed E-state index contributed by atoms with van der Waals surface area (Å²) in [6.07, 6.45) is 8.14. The molecule has 0 aromatic carbocycles. The van der Waals surface area contributed by atoms with Gasteiger partial charge in [0.2, 0.25) is 0 Å². The Morgan fingerprint density at radius 2 is 1.42 bits per heavy atom. The Hall–Kier alpha value is 0.698. The number of hydrogen-bond acceptors (Lipinski definition) is 1. The van der Waals surface area contributed by atoms with E-state index in [1.54, 1.807) is 0 Å². The van der Waals surface area contributed by atoms with E-state index in [0.717, 1.165) is 6.61 Å².